The number of halogens is 1. The van der Waals surface area contributed by atoms with Crippen LogP contribution in [0.15, 0.2) is 16.9 Å². The summed E-state index contributed by atoms with van der Waals surface area (Å²) in [6, 6.07) is 0. The number of carbonyl (C=O) groups is 1. The van der Waals surface area contributed by atoms with E-state index in [9.17, 15) is 4.79 Å². The molecule has 0 aromatic carbocycles. The largest absolute Gasteiger partial charge is 0.273 e. The fourth-order valence-electron chi connectivity index (χ4n) is 5.35. The minimum absolute atomic E-state index is 0.174. The smallest absolute Gasteiger partial charge is 0.247 e. The van der Waals surface area contributed by atoms with Crippen LogP contribution in [0.3, 0.4) is 0 Å². The Balaban J connectivity index is 1.54. The highest BCUT2D eigenvalue weighted by Gasteiger charge is 2.51. The monoisotopic (exact) mass is 322 g/mol. The summed E-state index contributed by atoms with van der Waals surface area (Å²) in [5, 5.41) is 4.13. The third-order valence-electron chi connectivity index (χ3n) is 5.50. The van der Waals surface area contributed by atoms with Gasteiger partial charge >= 0.3 is 0 Å². The second-order valence-electron chi connectivity index (χ2n) is 7.09. The van der Waals surface area contributed by atoms with Crippen LogP contribution in [0.2, 0.25) is 0 Å². The Morgan fingerprint density at radius 1 is 1.26 bits per heavy atom. The van der Waals surface area contributed by atoms with E-state index in [4.69, 9.17) is 0 Å². The lowest BCUT2D eigenvalue weighted by atomic mass is 9.49. The van der Waals surface area contributed by atoms with Gasteiger partial charge in [-0.2, -0.15) is 5.10 Å². The van der Waals surface area contributed by atoms with Gasteiger partial charge in [0.05, 0.1) is 10.7 Å². The molecule has 4 bridgehead atoms. The second-order valence-corrected chi connectivity index (χ2v) is 8.01. The van der Waals surface area contributed by atoms with Crippen LogP contribution in [0.4, 0.5) is 0 Å². The van der Waals surface area contributed by atoms with Crippen LogP contribution in [-0.2, 0) is 0 Å². The van der Waals surface area contributed by atoms with Crippen molar-refractivity contribution in [3.63, 3.8) is 0 Å². The summed E-state index contributed by atoms with van der Waals surface area (Å²) in [6.07, 6.45) is 12.3. The molecule has 0 spiro atoms. The Hall–Kier alpha value is -0.640. The zero-order valence-corrected chi connectivity index (χ0v) is 12.6. The Morgan fingerprint density at radius 2 is 1.84 bits per heavy atom. The van der Waals surface area contributed by atoms with E-state index in [1.807, 2.05) is 0 Å². The summed E-state index contributed by atoms with van der Waals surface area (Å²) in [4.78, 5) is 12.4. The molecular weight excluding hydrogens is 304 g/mol. The summed E-state index contributed by atoms with van der Waals surface area (Å²) in [5.74, 6) is 2.89. The highest BCUT2D eigenvalue weighted by Crippen LogP contribution is 2.61. The molecule has 3 nitrogen and oxygen atoms in total. The Morgan fingerprint density at radius 3 is 2.32 bits per heavy atom. The molecule has 0 aliphatic heterocycles. The zero-order valence-electron chi connectivity index (χ0n) is 11.0. The first-order chi connectivity index (χ1) is 9.12. The topological polar surface area (TPSA) is 34.9 Å². The molecule has 4 saturated carbocycles. The average molecular weight is 323 g/mol. The number of carbonyl (C=O) groups excluding carboxylic acids is 1. The molecule has 4 fully saturated rings. The molecule has 0 unspecified atom stereocenters. The molecule has 19 heavy (non-hydrogen) atoms. The molecule has 1 heterocycles. The van der Waals surface area contributed by atoms with E-state index in [0.717, 1.165) is 22.2 Å². The molecule has 1 aromatic heterocycles. The molecule has 0 radical (unpaired) electrons. The molecule has 0 saturated heterocycles. The first-order valence-electron chi connectivity index (χ1n) is 7.35. The van der Waals surface area contributed by atoms with Crippen molar-refractivity contribution < 1.29 is 4.79 Å². The van der Waals surface area contributed by atoms with E-state index in [0.29, 0.717) is 11.8 Å². The van der Waals surface area contributed by atoms with E-state index in [1.165, 1.54) is 43.2 Å². The van der Waals surface area contributed by atoms with Crippen LogP contribution in [0.1, 0.15) is 49.7 Å². The predicted octanol–water partition coefficient (Wildman–Crippen LogP) is 3.89. The molecule has 0 atom stereocenters. The molecule has 0 amide bonds. The van der Waals surface area contributed by atoms with Crippen molar-refractivity contribution in [1.82, 2.24) is 9.78 Å². The van der Waals surface area contributed by atoms with Crippen LogP contribution < -0.4 is 0 Å². The highest BCUT2D eigenvalue weighted by atomic mass is 79.9. The van der Waals surface area contributed by atoms with E-state index >= 15 is 0 Å². The maximum Gasteiger partial charge on any atom is 0.247 e. The maximum absolute atomic E-state index is 12.4. The van der Waals surface area contributed by atoms with Crippen LogP contribution in [0.25, 0.3) is 0 Å². The normalized spacial score (nSPS) is 39.7. The van der Waals surface area contributed by atoms with Gasteiger partial charge in [-0.3, -0.25) is 4.79 Å². The van der Waals surface area contributed by atoms with E-state index in [1.54, 1.807) is 12.4 Å². The summed E-state index contributed by atoms with van der Waals surface area (Å²) in [5.41, 5.74) is 0.310. The molecule has 4 aliphatic rings. The van der Waals surface area contributed by atoms with Gasteiger partial charge in [0, 0.05) is 12.6 Å². The molecule has 5 rings (SSSR count). The highest BCUT2D eigenvalue weighted by molar-refractivity contribution is 9.10. The molecule has 0 N–H and O–H groups in total. The van der Waals surface area contributed by atoms with Crippen molar-refractivity contribution in [2.75, 3.05) is 0 Å². The van der Waals surface area contributed by atoms with Gasteiger partial charge in [0.2, 0.25) is 5.91 Å². The van der Waals surface area contributed by atoms with Gasteiger partial charge in [0.25, 0.3) is 0 Å². The lowest BCUT2D eigenvalue weighted by Crippen LogP contribution is -2.47. The van der Waals surface area contributed by atoms with Crippen molar-refractivity contribution in [1.29, 1.82) is 0 Å². The van der Waals surface area contributed by atoms with Crippen molar-refractivity contribution in [3.8, 4) is 0 Å². The minimum atomic E-state index is 0.174. The molecule has 4 heteroatoms. The zero-order chi connectivity index (χ0) is 13.0. The standard InChI is InChI=1S/C15H19BrN2O/c16-13-8-17-18(9-13)14(19)7-15-4-10-1-11(5-15)3-12(2-10)6-15/h8-12H,1-7H2. The number of hydrogen-bond acceptors (Lipinski definition) is 2. The van der Waals surface area contributed by atoms with Gasteiger partial charge in [-0.25, -0.2) is 4.68 Å². The SMILES string of the molecule is O=C(CC12CC3CC(CC(C3)C1)C2)n1cc(Br)cn1. The minimum Gasteiger partial charge on any atom is -0.273 e. The lowest BCUT2D eigenvalue weighted by molar-refractivity contribution is -0.0536. The lowest BCUT2D eigenvalue weighted by Gasteiger charge is -2.56. The van der Waals surface area contributed by atoms with Gasteiger partial charge in [-0.05, 0) is 77.6 Å². The molecular formula is C15H19BrN2O. The number of rotatable bonds is 2. The molecule has 4 aliphatic carbocycles. The molecule has 1 aromatic rings. The van der Waals surface area contributed by atoms with Crippen molar-refractivity contribution >= 4 is 21.8 Å². The van der Waals surface area contributed by atoms with Crippen LogP contribution in [0.5, 0.6) is 0 Å². The summed E-state index contributed by atoms with van der Waals surface area (Å²) in [7, 11) is 0. The fraction of sp³-hybridized carbons (Fsp3) is 0.733. The third kappa shape index (κ3) is 2.08. The summed E-state index contributed by atoms with van der Waals surface area (Å²) >= 11 is 3.36. The van der Waals surface area contributed by atoms with Crippen LogP contribution >= 0.6 is 15.9 Å². The van der Waals surface area contributed by atoms with Gasteiger partial charge in [-0.1, -0.05) is 0 Å². The van der Waals surface area contributed by atoms with E-state index in [-0.39, 0.29) is 5.91 Å². The van der Waals surface area contributed by atoms with E-state index in [2.05, 4.69) is 21.0 Å². The van der Waals surface area contributed by atoms with Gasteiger partial charge in [-0.15, -0.1) is 0 Å². The Kier molecular flexibility index (Phi) is 2.66. The third-order valence-corrected chi connectivity index (χ3v) is 5.91. The van der Waals surface area contributed by atoms with Gasteiger partial charge in [0.15, 0.2) is 0 Å². The summed E-state index contributed by atoms with van der Waals surface area (Å²) in [6.45, 7) is 0. The van der Waals surface area contributed by atoms with Crippen LogP contribution in [-0.4, -0.2) is 15.7 Å². The first-order valence-corrected chi connectivity index (χ1v) is 8.15. The number of hydrogen-bond donors (Lipinski definition) is 0. The fourth-order valence-corrected chi connectivity index (χ4v) is 5.63. The number of aromatic nitrogens is 2. The van der Waals surface area contributed by atoms with Crippen molar-refractivity contribution in [3.05, 3.63) is 16.9 Å². The van der Waals surface area contributed by atoms with E-state index < -0.39 is 0 Å². The van der Waals surface area contributed by atoms with Gasteiger partial charge in [0.1, 0.15) is 0 Å². The Bertz CT molecular complexity index is 487. The Labute approximate surface area is 121 Å². The quantitative estimate of drug-likeness (QED) is 0.827. The first kappa shape index (κ1) is 12.1. The van der Waals surface area contributed by atoms with Crippen LogP contribution in [0, 0.1) is 23.2 Å². The number of nitrogens with zero attached hydrogens (tertiary/aromatic N) is 2. The predicted molar refractivity (Wildman–Crippen MR) is 75.8 cm³/mol. The average Bonchev–Trinajstić information content (AvgIpc) is 2.73. The maximum atomic E-state index is 12.4. The molecule has 102 valence electrons. The second kappa shape index (κ2) is 4.18. The van der Waals surface area contributed by atoms with Crippen molar-refractivity contribution in [2.24, 2.45) is 23.2 Å². The van der Waals surface area contributed by atoms with Crippen molar-refractivity contribution in [2.45, 2.75) is 44.9 Å². The summed E-state index contributed by atoms with van der Waals surface area (Å²) < 4.78 is 2.40. The van der Waals surface area contributed by atoms with Gasteiger partial charge < -0.3 is 0 Å².